The van der Waals surface area contributed by atoms with Crippen molar-refractivity contribution in [1.29, 1.82) is 5.26 Å². The highest BCUT2D eigenvalue weighted by atomic mass is 35.5. The molecule has 1 rings (SSSR count). The number of aliphatic carboxylic acids is 1. The summed E-state index contributed by atoms with van der Waals surface area (Å²) in [6, 6.07) is 6.80. The van der Waals surface area contributed by atoms with E-state index in [1.807, 2.05) is 0 Å². The van der Waals surface area contributed by atoms with Gasteiger partial charge in [-0.2, -0.15) is 5.26 Å². The zero-order valence-corrected chi connectivity index (χ0v) is 14.0. The summed E-state index contributed by atoms with van der Waals surface area (Å²) in [5, 5.41) is 19.4. The van der Waals surface area contributed by atoms with Gasteiger partial charge < -0.3 is 14.6 Å². The molecule has 0 aliphatic carbocycles. The molecule has 0 amide bonds. The molecule has 0 N–H and O–H groups in total. The van der Waals surface area contributed by atoms with Crippen LogP contribution < -0.4 is 9.84 Å². The lowest BCUT2D eigenvalue weighted by molar-refractivity contribution is -0.316. The van der Waals surface area contributed by atoms with Crippen LogP contribution in [0.15, 0.2) is 18.2 Å². The van der Waals surface area contributed by atoms with Gasteiger partial charge in [-0.05, 0) is 19.1 Å². The predicted molar refractivity (Wildman–Crippen MR) is 78.6 cm³/mol. The molecule has 0 radical (unpaired) electrons. The molecular formula is C13H14Cl2NO3Si-. The van der Waals surface area contributed by atoms with Gasteiger partial charge in [-0.25, -0.2) is 0 Å². The number of hydrogen-bond donors (Lipinski definition) is 0. The Kier molecular flexibility index (Phi) is 5.46. The summed E-state index contributed by atoms with van der Waals surface area (Å²) in [7, 11) is -2.16. The summed E-state index contributed by atoms with van der Waals surface area (Å²) in [6.45, 7) is 4.83. The number of ether oxygens (including phenoxy) is 1. The number of nitrogens with zero attached hydrogens (tertiary/aromatic N) is 1. The molecule has 4 nitrogen and oxygen atoms in total. The van der Waals surface area contributed by atoms with Crippen LogP contribution in [0.5, 0.6) is 5.75 Å². The largest absolute Gasteiger partial charge is 0.546 e. The lowest BCUT2D eigenvalue weighted by Gasteiger charge is -2.37. The van der Waals surface area contributed by atoms with Crippen molar-refractivity contribution in [3.8, 4) is 11.8 Å². The maximum absolute atomic E-state index is 11.5. The van der Waals surface area contributed by atoms with E-state index in [0.29, 0.717) is 0 Å². The van der Waals surface area contributed by atoms with Crippen LogP contribution in [0.4, 0.5) is 0 Å². The smallest absolute Gasteiger partial charge is 0.157 e. The second-order valence-corrected chi connectivity index (χ2v) is 9.25. The van der Waals surface area contributed by atoms with Gasteiger partial charge in [0.2, 0.25) is 0 Å². The third kappa shape index (κ3) is 3.26. The summed E-state index contributed by atoms with van der Waals surface area (Å²) >= 11 is 12.0. The maximum Gasteiger partial charge on any atom is 0.157 e. The first-order chi connectivity index (χ1) is 9.24. The number of nitriles is 1. The van der Waals surface area contributed by atoms with Gasteiger partial charge in [-0.15, -0.1) is 0 Å². The Labute approximate surface area is 129 Å². The Bertz CT molecular complexity index is 541. The first kappa shape index (κ1) is 16.8. The van der Waals surface area contributed by atoms with Crippen LogP contribution in [0, 0.1) is 11.3 Å². The average Bonchev–Trinajstić information content (AvgIpc) is 2.40. The number of carbonyl (C=O) groups is 1. The highest BCUT2D eigenvalue weighted by molar-refractivity contribution is 6.66. The predicted octanol–water partition coefficient (Wildman–Crippen LogP) is 2.19. The first-order valence-corrected chi connectivity index (χ1v) is 9.13. The van der Waals surface area contributed by atoms with Crippen molar-refractivity contribution in [2.24, 2.45) is 0 Å². The van der Waals surface area contributed by atoms with E-state index in [1.165, 1.54) is 6.92 Å². The average molecular weight is 331 g/mol. The second kappa shape index (κ2) is 6.49. The molecule has 0 bridgehead atoms. The number of rotatable bonds is 5. The van der Waals surface area contributed by atoms with Crippen molar-refractivity contribution in [3.05, 3.63) is 28.2 Å². The summed E-state index contributed by atoms with van der Waals surface area (Å²) in [6.07, 6.45) is 0. The van der Waals surface area contributed by atoms with Crippen molar-refractivity contribution in [1.82, 2.24) is 0 Å². The Hall–Kier alpha value is -1.22. The van der Waals surface area contributed by atoms with Crippen molar-refractivity contribution in [3.63, 3.8) is 0 Å². The number of halogens is 2. The van der Waals surface area contributed by atoms with Gasteiger partial charge in [0, 0.05) is 5.54 Å². The number of carbonyl (C=O) groups excluding carboxylic acids is 1. The van der Waals surface area contributed by atoms with Crippen molar-refractivity contribution in [2.45, 2.75) is 31.2 Å². The van der Waals surface area contributed by atoms with Crippen LogP contribution in [-0.4, -0.2) is 20.0 Å². The van der Waals surface area contributed by atoms with Gasteiger partial charge in [0.15, 0.2) is 5.75 Å². The van der Waals surface area contributed by atoms with Crippen LogP contribution in [0.25, 0.3) is 0 Å². The normalized spacial score (nSPS) is 16.6. The van der Waals surface area contributed by atoms with Crippen LogP contribution >= 0.6 is 23.2 Å². The molecular weight excluding hydrogens is 317 g/mol. The molecule has 0 saturated carbocycles. The van der Waals surface area contributed by atoms with E-state index in [1.54, 1.807) is 31.7 Å². The van der Waals surface area contributed by atoms with Gasteiger partial charge in [-0.1, -0.05) is 42.7 Å². The third-order valence-electron chi connectivity index (χ3n) is 3.46. The van der Waals surface area contributed by atoms with E-state index in [-0.39, 0.29) is 15.8 Å². The monoisotopic (exact) mass is 330 g/mol. The summed E-state index contributed by atoms with van der Waals surface area (Å²) in [5.74, 6) is -1.26. The van der Waals surface area contributed by atoms with Crippen LogP contribution in [0.2, 0.25) is 22.1 Å². The van der Waals surface area contributed by atoms with Crippen LogP contribution in [-0.2, 0) is 4.79 Å². The lowest BCUT2D eigenvalue weighted by Crippen LogP contribution is -2.60. The Morgan fingerprint density at radius 2 is 2.00 bits per heavy atom. The summed E-state index contributed by atoms with van der Waals surface area (Å²) in [5.41, 5.74) is -0.404. The minimum absolute atomic E-state index is 0.104. The number of carboxylic acids is 1. The SMILES string of the molecule is CC(C#N)[SiH](C)C(C)(Oc1c(Cl)cccc1Cl)C(=O)[O-]. The molecule has 0 aliphatic heterocycles. The van der Waals surface area contributed by atoms with E-state index < -0.39 is 25.5 Å². The first-order valence-electron chi connectivity index (χ1n) is 5.98. The molecule has 20 heavy (non-hydrogen) atoms. The number of benzene rings is 1. The Morgan fingerprint density at radius 1 is 1.50 bits per heavy atom. The molecule has 108 valence electrons. The maximum atomic E-state index is 11.5. The van der Waals surface area contributed by atoms with Gasteiger partial charge in [-0.3, -0.25) is 0 Å². The molecule has 0 aliphatic rings. The van der Waals surface area contributed by atoms with Gasteiger partial charge >= 0.3 is 0 Å². The molecule has 0 spiro atoms. The minimum atomic E-state index is -2.16. The van der Waals surface area contributed by atoms with E-state index >= 15 is 0 Å². The Balaban J connectivity index is 3.23. The summed E-state index contributed by atoms with van der Waals surface area (Å²) < 4.78 is 5.59. The highest BCUT2D eigenvalue weighted by Crippen LogP contribution is 2.36. The fourth-order valence-corrected chi connectivity index (χ4v) is 4.03. The molecule has 0 heterocycles. The van der Waals surface area contributed by atoms with Crippen molar-refractivity contribution < 1.29 is 14.6 Å². The zero-order valence-electron chi connectivity index (χ0n) is 11.3. The zero-order chi connectivity index (χ0) is 15.5. The standard InChI is InChI=1S/C13H15Cl2NO3Si/c1-8(7-16)20(3)13(2,12(17)18)19-11-9(14)5-4-6-10(11)15/h4-6,8,20H,1-3H3,(H,17,18)/p-1. The van der Waals surface area contributed by atoms with E-state index in [2.05, 4.69) is 6.07 Å². The molecule has 0 fully saturated rings. The third-order valence-corrected chi connectivity index (χ3v) is 7.80. The fraction of sp³-hybridized carbons (Fsp3) is 0.385. The minimum Gasteiger partial charge on any atom is -0.546 e. The fourth-order valence-electron chi connectivity index (χ4n) is 1.70. The number of para-hydroxylation sites is 1. The van der Waals surface area contributed by atoms with E-state index in [9.17, 15) is 9.90 Å². The van der Waals surface area contributed by atoms with Gasteiger partial charge in [0.05, 0.1) is 22.1 Å². The number of hydrogen-bond acceptors (Lipinski definition) is 4. The Morgan fingerprint density at radius 3 is 2.40 bits per heavy atom. The van der Waals surface area contributed by atoms with Crippen molar-refractivity contribution >= 4 is 38.0 Å². The quantitative estimate of drug-likeness (QED) is 0.775. The summed E-state index contributed by atoms with van der Waals surface area (Å²) in [4.78, 5) is 11.5. The molecule has 7 heteroatoms. The van der Waals surface area contributed by atoms with E-state index in [0.717, 1.165) is 0 Å². The topological polar surface area (TPSA) is 73.1 Å². The molecule has 3 unspecified atom stereocenters. The molecule has 0 aromatic heterocycles. The molecule has 1 aromatic rings. The van der Waals surface area contributed by atoms with Crippen LogP contribution in [0.3, 0.4) is 0 Å². The second-order valence-electron chi connectivity index (χ2n) is 4.75. The highest BCUT2D eigenvalue weighted by Gasteiger charge is 2.40. The van der Waals surface area contributed by atoms with E-state index in [4.69, 9.17) is 33.2 Å². The van der Waals surface area contributed by atoms with Crippen molar-refractivity contribution in [2.75, 3.05) is 0 Å². The van der Waals surface area contributed by atoms with Crippen LogP contribution in [0.1, 0.15) is 13.8 Å². The molecule has 0 saturated heterocycles. The molecule has 3 atom stereocenters. The van der Waals surface area contributed by atoms with Gasteiger partial charge in [0.1, 0.15) is 14.0 Å². The molecule has 1 aromatic carbocycles. The van der Waals surface area contributed by atoms with Gasteiger partial charge in [0.25, 0.3) is 0 Å². The lowest BCUT2D eigenvalue weighted by atomic mass is 10.3. The number of carboxylic acid groups (broad SMARTS) is 1.